The number of rotatable bonds is 5. The zero-order valence-corrected chi connectivity index (χ0v) is 15.5. The molecule has 2 saturated heterocycles. The molecule has 4 rings (SSSR count). The average Bonchev–Trinajstić information content (AvgIpc) is 3.21. The molecule has 3 fully saturated rings. The third-order valence-corrected chi connectivity index (χ3v) is 6.40. The fraction of sp³-hybridized carbons (Fsp3) is 0.667. The van der Waals surface area contributed by atoms with Crippen LogP contribution in [0.3, 0.4) is 0 Å². The van der Waals surface area contributed by atoms with Crippen molar-refractivity contribution in [3.8, 4) is 0 Å². The number of likely N-dealkylation sites (tertiary alicyclic amines) is 2. The number of carbonyl (C=O) groups excluding carboxylic acids is 1. The van der Waals surface area contributed by atoms with Crippen LogP contribution in [0, 0.1) is 24.2 Å². The molecule has 1 aromatic carbocycles. The van der Waals surface area contributed by atoms with Gasteiger partial charge in [0.1, 0.15) is 0 Å². The predicted molar refractivity (Wildman–Crippen MR) is 98.7 cm³/mol. The molecule has 3 aliphatic rings. The van der Waals surface area contributed by atoms with E-state index in [-0.39, 0.29) is 11.3 Å². The minimum atomic E-state index is 0.192. The summed E-state index contributed by atoms with van der Waals surface area (Å²) in [6.07, 6.45) is 3.91. The monoisotopic (exact) mass is 342 g/mol. The molecule has 0 unspecified atom stereocenters. The SMILES string of the molecule is COC[C@H]1CN(CC2CC2)C[C@@]12CCN(C(=O)c1cccc(C)c1)C2. The lowest BCUT2D eigenvalue weighted by molar-refractivity contribution is 0.0716. The first-order chi connectivity index (χ1) is 12.1. The molecule has 0 N–H and O–H groups in total. The fourth-order valence-corrected chi connectivity index (χ4v) is 4.87. The van der Waals surface area contributed by atoms with Crippen molar-refractivity contribution in [2.24, 2.45) is 17.3 Å². The first-order valence-electron chi connectivity index (χ1n) is 9.67. The van der Waals surface area contributed by atoms with Crippen LogP contribution in [-0.4, -0.2) is 62.1 Å². The fourth-order valence-electron chi connectivity index (χ4n) is 4.87. The lowest BCUT2D eigenvalue weighted by atomic mass is 9.77. The van der Waals surface area contributed by atoms with Crippen molar-refractivity contribution in [2.45, 2.75) is 26.2 Å². The quantitative estimate of drug-likeness (QED) is 0.825. The minimum absolute atomic E-state index is 0.192. The lowest BCUT2D eigenvalue weighted by Crippen LogP contribution is -2.38. The Balaban J connectivity index is 1.47. The topological polar surface area (TPSA) is 32.8 Å². The van der Waals surface area contributed by atoms with E-state index in [1.54, 1.807) is 0 Å². The molecule has 2 heterocycles. The molecule has 1 saturated carbocycles. The summed E-state index contributed by atoms with van der Waals surface area (Å²) in [5.74, 6) is 1.66. The Hall–Kier alpha value is -1.39. The number of methoxy groups -OCH3 is 1. The van der Waals surface area contributed by atoms with E-state index in [9.17, 15) is 4.79 Å². The van der Waals surface area contributed by atoms with Crippen LogP contribution in [0.1, 0.15) is 35.2 Å². The first kappa shape index (κ1) is 17.0. The number of nitrogens with zero attached hydrogens (tertiary/aromatic N) is 2. The molecule has 2 aliphatic heterocycles. The summed E-state index contributed by atoms with van der Waals surface area (Å²) in [7, 11) is 1.81. The van der Waals surface area contributed by atoms with Gasteiger partial charge in [-0.25, -0.2) is 0 Å². The average molecular weight is 342 g/mol. The van der Waals surface area contributed by atoms with Crippen molar-refractivity contribution in [3.63, 3.8) is 0 Å². The number of hydrogen-bond donors (Lipinski definition) is 0. The third-order valence-electron chi connectivity index (χ3n) is 6.40. The van der Waals surface area contributed by atoms with Crippen molar-refractivity contribution in [1.29, 1.82) is 0 Å². The van der Waals surface area contributed by atoms with E-state index >= 15 is 0 Å². The normalized spacial score (nSPS) is 29.7. The molecule has 25 heavy (non-hydrogen) atoms. The van der Waals surface area contributed by atoms with Crippen LogP contribution in [0.2, 0.25) is 0 Å². The molecule has 1 aromatic rings. The van der Waals surface area contributed by atoms with Crippen LogP contribution in [0.5, 0.6) is 0 Å². The van der Waals surface area contributed by atoms with E-state index in [1.165, 1.54) is 19.4 Å². The predicted octanol–water partition coefficient (Wildman–Crippen LogP) is 2.82. The Morgan fingerprint density at radius 2 is 2.16 bits per heavy atom. The van der Waals surface area contributed by atoms with Crippen molar-refractivity contribution < 1.29 is 9.53 Å². The van der Waals surface area contributed by atoms with Crippen LogP contribution < -0.4 is 0 Å². The van der Waals surface area contributed by atoms with E-state index in [2.05, 4.69) is 9.80 Å². The molecule has 0 aromatic heterocycles. The number of amides is 1. The Kier molecular flexibility index (Phi) is 4.59. The number of carbonyl (C=O) groups is 1. The van der Waals surface area contributed by atoms with Gasteiger partial charge in [-0.15, -0.1) is 0 Å². The molecule has 136 valence electrons. The van der Waals surface area contributed by atoms with Crippen LogP contribution in [0.25, 0.3) is 0 Å². The smallest absolute Gasteiger partial charge is 0.253 e. The highest BCUT2D eigenvalue weighted by Gasteiger charge is 2.51. The standard InChI is InChI=1S/C21H30N2O2/c1-16-4-3-5-18(10-16)20(24)23-9-8-21(15-23)14-22(11-17-6-7-17)12-19(21)13-25-2/h3-5,10,17,19H,6-9,11-15H2,1-2H3/t19-,21-/m1/s1. The van der Waals surface area contributed by atoms with Crippen LogP contribution in [-0.2, 0) is 4.74 Å². The van der Waals surface area contributed by atoms with Gasteiger partial charge in [-0.2, -0.15) is 0 Å². The first-order valence-corrected chi connectivity index (χ1v) is 9.67. The molecule has 2 atom stereocenters. The van der Waals surface area contributed by atoms with E-state index in [0.29, 0.717) is 5.92 Å². The summed E-state index contributed by atoms with van der Waals surface area (Å²) in [4.78, 5) is 17.7. The van der Waals surface area contributed by atoms with Gasteiger partial charge in [0.25, 0.3) is 5.91 Å². The largest absolute Gasteiger partial charge is 0.384 e. The van der Waals surface area contributed by atoms with Gasteiger partial charge in [0.15, 0.2) is 0 Å². The molecule has 4 nitrogen and oxygen atoms in total. The van der Waals surface area contributed by atoms with Crippen molar-refractivity contribution in [3.05, 3.63) is 35.4 Å². The van der Waals surface area contributed by atoms with Gasteiger partial charge in [0.2, 0.25) is 0 Å². The number of benzene rings is 1. The van der Waals surface area contributed by atoms with Crippen LogP contribution >= 0.6 is 0 Å². The van der Waals surface area contributed by atoms with Gasteiger partial charge in [-0.1, -0.05) is 17.7 Å². The highest BCUT2D eigenvalue weighted by molar-refractivity contribution is 5.94. The Labute approximate surface area is 151 Å². The summed E-state index contributed by atoms with van der Waals surface area (Å²) in [5, 5.41) is 0. The van der Waals surface area contributed by atoms with Crippen molar-refractivity contribution >= 4 is 5.91 Å². The second-order valence-electron chi connectivity index (χ2n) is 8.50. The zero-order chi connectivity index (χ0) is 17.4. The van der Waals surface area contributed by atoms with Gasteiger partial charge in [0.05, 0.1) is 6.61 Å². The maximum Gasteiger partial charge on any atom is 0.253 e. The number of hydrogen-bond acceptors (Lipinski definition) is 3. The lowest BCUT2D eigenvalue weighted by Gasteiger charge is -2.30. The molecule has 1 aliphatic carbocycles. The molecule has 0 bridgehead atoms. The van der Waals surface area contributed by atoms with Gasteiger partial charge >= 0.3 is 0 Å². The maximum absolute atomic E-state index is 13.0. The van der Waals surface area contributed by atoms with Crippen molar-refractivity contribution in [2.75, 3.05) is 46.4 Å². The Bertz CT molecular complexity index is 643. The zero-order valence-electron chi connectivity index (χ0n) is 15.5. The van der Waals surface area contributed by atoms with E-state index in [0.717, 1.165) is 56.3 Å². The number of aryl methyl sites for hydroxylation is 1. The summed E-state index contributed by atoms with van der Waals surface area (Å²) < 4.78 is 5.55. The highest BCUT2D eigenvalue weighted by Crippen LogP contribution is 2.45. The second kappa shape index (κ2) is 6.73. The van der Waals surface area contributed by atoms with Crippen LogP contribution in [0.4, 0.5) is 0 Å². The molecular formula is C21H30N2O2. The third kappa shape index (κ3) is 3.47. The maximum atomic E-state index is 13.0. The molecule has 4 heteroatoms. The van der Waals surface area contributed by atoms with E-state index in [1.807, 2.05) is 38.3 Å². The molecular weight excluding hydrogens is 312 g/mol. The van der Waals surface area contributed by atoms with Gasteiger partial charge in [-0.05, 0) is 44.2 Å². The Morgan fingerprint density at radius 1 is 1.32 bits per heavy atom. The van der Waals surface area contributed by atoms with E-state index < -0.39 is 0 Å². The molecule has 0 radical (unpaired) electrons. The van der Waals surface area contributed by atoms with E-state index in [4.69, 9.17) is 4.74 Å². The summed E-state index contributed by atoms with van der Waals surface area (Å²) >= 11 is 0. The summed E-state index contributed by atoms with van der Waals surface area (Å²) in [5.41, 5.74) is 2.20. The summed E-state index contributed by atoms with van der Waals surface area (Å²) in [6, 6.07) is 7.98. The van der Waals surface area contributed by atoms with Crippen LogP contribution in [0.15, 0.2) is 24.3 Å². The highest BCUT2D eigenvalue weighted by atomic mass is 16.5. The number of ether oxygens (including phenoxy) is 1. The molecule has 1 spiro atoms. The van der Waals surface area contributed by atoms with Crippen molar-refractivity contribution in [1.82, 2.24) is 9.80 Å². The molecule has 1 amide bonds. The summed E-state index contributed by atoms with van der Waals surface area (Å²) in [6.45, 7) is 8.14. The van der Waals surface area contributed by atoms with Gasteiger partial charge in [0, 0.05) is 56.7 Å². The van der Waals surface area contributed by atoms with Gasteiger partial charge < -0.3 is 14.5 Å². The second-order valence-corrected chi connectivity index (χ2v) is 8.50. The minimum Gasteiger partial charge on any atom is -0.384 e. The van der Waals surface area contributed by atoms with Gasteiger partial charge in [-0.3, -0.25) is 4.79 Å². The Morgan fingerprint density at radius 3 is 2.88 bits per heavy atom.